The fourth-order valence-electron chi connectivity index (χ4n) is 3.21. The van der Waals surface area contributed by atoms with E-state index in [9.17, 15) is 14.0 Å². The molecule has 0 bridgehead atoms. The van der Waals surface area contributed by atoms with E-state index in [1.807, 2.05) is 20.8 Å². The first kappa shape index (κ1) is 25.2. The smallest absolute Gasteiger partial charge is 0.251 e. The summed E-state index contributed by atoms with van der Waals surface area (Å²) in [7, 11) is 1.79. The molecule has 0 saturated heterocycles. The number of nitrogens with zero attached hydrogens (tertiary/aromatic N) is 3. The minimum absolute atomic E-state index is 0.0214. The number of ether oxygens (including phenoxy) is 1. The Morgan fingerprint density at radius 3 is 2.38 bits per heavy atom. The molecule has 2 aromatic carbocycles. The average molecular weight is 486 g/mol. The van der Waals surface area contributed by atoms with Crippen LogP contribution in [0.2, 0.25) is 0 Å². The lowest BCUT2D eigenvalue weighted by atomic mass is 10.0. The second kappa shape index (κ2) is 11.6. The number of carbonyl (C=O) groups is 2. The van der Waals surface area contributed by atoms with Crippen LogP contribution in [0.25, 0.3) is 0 Å². The second-order valence-electron chi connectivity index (χ2n) is 7.90. The van der Waals surface area contributed by atoms with Crippen LogP contribution in [0.4, 0.5) is 10.1 Å². The summed E-state index contributed by atoms with van der Waals surface area (Å²) in [6.45, 7) is 6.41. The van der Waals surface area contributed by atoms with Gasteiger partial charge in [-0.2, -0.15) is 0 Å². The van der Waals surface area contributed by atoms with Gasteiger partial charge in [-0.15, -0.1) is 10.2 Å². The molecule has 8 nitrogen and oxygen atoms in total. The molecule has 0 spiro atoms. The third kappa shape index (κ3) is 6.57. The van der Waals surface area contributed by atoms with E-state index >= 15 is 0 Å². The van der Waals surface area contributed by atoms with Crippen LogP contribution in [0.15, 0.2) is 53.7 Å². The second-order valence-corrected chi connectivity index (χ2v) is 8.84. The highest BCUT2D eigenvalue weighted by atomic mass is 32.2. The lowest BCUT2D eigenvalue weighted by molar-refractivity contribution is -0.113. The molecule has 1 aromatic heterocycles. The fourth-order valence-corrected chi connectivity index (χ4v) is 3.92. The lowest BCUT2D eigenvalue weighted by Gasteiger charge is -2.21. The number of thioether (sulfide) groups is 1. The normalized spacial score (nSPS) is 11.8. The maximum Gasteiger partial charge on any atom is 0.251 e. The zero-order chi connectivity index (χ0) is 24.7. The molecule has 180 valence electrons. The molecule has 0 aliphatic rings. The number of hydrogen-bond donors (Lipinski definition) is 2. The standard InChI is InChI=1S/C24H28FN5O3S/c1-5-33-19-12-10-18(11-13-19)26-20(31)14-34-24-29-28-22(30(24)4)21(15(2)3)27-23(32)16-6-8-17(25)9-7-16/h6-13,15,21H,5,14H2,1-4H3,(H,26,31)(H,27,32). The van der Waals surface area contributed by atoms with E-state index in [0.717, 1.165) is 5.75 Å². The van der Waals surface area contributed by atoms with Gasteiger partial charge in [-0.1, -0.05) is 25.6 Å². The van der Waals surface area contributed by atoms with Crippen LogP contribution in [0.3, 0.4) is 0 Å². The number of aromatic nitrogens is 3. The summed E-state index contributed by atoms with van der Waals surface area (Å²) in [5, 5.41) is 14.8. The Balaban J connectivity index is 1.62. The van der Waals surface area contributed by atoms with E-state index in [4.69, 9.17) is 4.74 Å². The molecule has 0 saturated carbocycles. The first-order valence-corrected chi connectivity index (χ1v) is 11.9. The van der Waals surface area contributed by atoms with Gasteiger partial charge >= 0.3 is 0 Å². The summed E-state index contributed by atoms with van der Waals surface area (Å²) in [4.78, 5) is 25.0. The van der Waals surface area contributed by atoms with Crippen molar-refractivity contribution in [2.24, 2.45) is 13.0 Å². The Labute approximate surface area is 202 Å². The summed E-state index contributed by atoms with van der Waals surface area (Å²) in [5.41, 5.74) is 1.03. The molecule has 3 aromatic rings. The molecule has 0 radical (unpaired) electrons. The zero-order valence-corrected chi connectivity index (χ0v) is 20.4. The molecule has 1 heterocycles. The topological polar surface area (TPSA) is 98.1 Å². The number of nitrogens with one attached hydrogen (secondary N) is 2. The van der Waals surface area contributed by atoms with Gasteiger partial charge in [0.15, 0.2) is 11.0 Å². The van der Waals surface area contributed by atoms with Gasteiger partial charge in [0.1, 0.15) is 11.6 Å². The highest BCUT2D eigenvalue weighted by molar-refractivity contribution is 7.99. The van der Waals surface area contributed by atoms with Crippen LogP contribution in [0.1, 0.15) is 43.0 Å². The van der Waals surface area contributed by atoms with E-state index < -0.39 is 11.9 Å². The molecule has 34 heavy (non-hydrogen) atoms. The summed E-state index contributed by atoms with van der Waals surface area (Å²) in [5.74, 6) is 0.571. The Bertz CT molecular complexity index is 1120. The predicted octanol–water partition coefficient (Wildman–Crippen LogP) is 4.21. The highest BCUT2D eigenvalue weighted by Crippen LogP contribution is 2.25. The molecular formula is C24H28FN5O3S. The molecule has 1 unspecified atom stereocenters. The fraction of sp³-hybridized carbons (Fsp3) is 0.333. The van der Waals surface area contributed by atoms with E-state index in [1.165, 1.54) is 36.0 Å². The maximum absolute atomic E-state index is 13.2. The summed E-state index contributed by atoms with van der Waals surface area (Å²) in [6, 6.07) is 12.1. The number of benzene rings is 2. The van der Waals surface area contributed by atoms with Crippen molar-refractivity contribution in [3.05, 3.63) is 65.7 Å². The summed E-state index contributed by atoms with van der Waals surface area (Å²) in [6.07, 6.45) is 0. The Hall–Kier alpha value is -3.40. The molecule has 0 aliphatic heterocycles. The monoisotopic (exact) mass is 485 g/mol. The van der Waals surface area contributed by atoms with Crippen LogP contribution < -0.4 is 15.4 Å². The van der Waals surface area contributed by atoms with Crippen molar-refractivity contribution >= 4 is 29.3 Å². The number of rotatable bonds is 10. The largest absolute Gasteiger partial charge is 0.494 e. The van der Waals surface area contributed by atoms with E-state index in [0.29, 0.717) is 28.8 Å². The Morgan fingerprint density at radius 1 is 1.09 bits per heavy atom. The highest BCUT2D eigenvalue weighted by Gasteiger charge is 2.25. The van der Waals surface area contributed by atoms with E-state index in [2.05, 4.69) is 20.8 Å². The minimum atomic E-state index is -0.415. The number of amides is 2. The van der Waals surface area contributed by atoms with Gasteiger partial charge in [0.25, 0.3) is 5.91 Å². The van der Waals surface area contributed by atoms with Crippen molar-refractivity contribution in [3.63, 3.8) is 0 Å². The SMILES string of the molecule is CCOc1ccc(NC(=O)CSc2nnc(C(NC(=O)c3ccc(F)cc3)C(C)C)n2C)cc1. The van der Waals surface area contributed by atoms with Gasteiger partial charge in [0.2, 0.25) is 5.91 Å². The number of halogens is 1. The van der Waals surface area contributed by atoms with E-state index in [1.54, 1.807) is 35.9 Å². The van der Waals surface area contributed by atoms with Crippen molar-refractivity contribution in [1.82, 2.24) is 20.1 Å². The maximum atomic E-state index is 13.2. The molecular weight excluding hydrogens is 457 g/mol. The van der Waals surface area contributed by atoms with Crippen LogP contribution in [-0.2, 0) is 11.8 Å². The lowest BCUT2D eigenvalue weighted by Crippen LogP contribution is -2.33. The number of carbonyl (C=O) groups excluding carboxylic acids is 2. The van der Waals surface area contributed by atoms with Crippen LogP contribution in [0.5, 0.6) is 5.75 Å². The molecule has 1 atom stereocenters. The molecule has 2 amide bonds. The molecule has 0 aliphatic carbocycles. The van der Waals surface area contributed by atoms with Gasteiger partial charge in [0.05, 0.1) is 18.4 Å². The number of anilines is 1. The Kier molecular flexibility index (Phi) is 8.64. The zero-order valence-electron chi connectivity index (χ0n) is 19.5. The first-order valence-electron chi connectivity index (χ1n) is 10.9. The van der Waals surface area contributed by atoms with E-state index in [-0.39, 0.29) is 23.5 Å². The van der Waals surface area contributed by atoms with Gasteiger partial charge in [-0.3, -0.25) is 9.59 Å². The minimum Gasteiger partial charge on any atom is -0.494 e. The van der Waals surface area contributed by atoms with Crippen LogP contribution in [0, 0.1) is 11.7 Å². The average Bonchev–Trinajstić information content (AvgIpc) is 3.17. The van der Waals surface area contributed by atoms with Crippen molar-refractivity contribution in [3.8, 4) is 5.75 Å². The van der Waals surface area contributed by atoms with Crippen molar-refractivity contribution in [1.29, 1.82) is 0 Å². The van der Waals surface area contributed by atoms with Crippen LogP contribution >= 0.6 is 11.8 Å². The van der Waals surface area contributed by atoms with Gasteiger partial charge in [0, 0.05) is 18.3 Å². The third-order valence-electron chi connectivity index (χ3n) is 4.99. The predicted molar refractivity (Wildman–Crippen MR) is 129 cm³/mol. The molecule has 10 heteroatoms. The number of hydrogen-bond acceptors (Lipinski definition) is 6. The molecule has 0 fully saturated rings. The van der Waals surface area contributed by atoms with Crippen molar-refractivity contribution in [2.45, 2.75) is 32.0 Å². The molecule has 3 rings (SSSR count). The van der Waals surface area contributed by atoms with Crippen LogP contribution in [-0.4, -0.2) is 38.9 Å². The van der Waals surface area contributed by atoms with Gasteiger partial charge in [-0.25, -0.2) is 4.39 Å². The summed E-state index contributed by atoms with van der Waals surface area (Å²) < 4.78 is 20.3. The van der Waals surface area contributed by atoms with Gasteiger partial charge < -0.3 is 19.9 Å². The quantitative estimate of drug-likeness (QED) is 0.418. The third-order valence-corrected chi connectivity index (χ3v) is 6.01. The Morgan fingerprint density at radius 2 is 1.76 bits per heavy atom. The molecule has 2 N–H and O–H groups in total. The van der Waals surface area contributed by atoms with Crippen molar-refractivity contribution in [2.75, 3.05) is 17.7 Å². The summed E-state index contributed by atoms with van der Waals surface area (Å²) >= 11 is 1.25. The van der Waals surface area contributed by atoms with Crippen molar-refractivity contribution < 1.29 is 18.7 Å². The first-order chi connectivity index (χ1) is 16.3. The van der Waals surface area contributed by atoms with Gasteiger partial charge in [-0.05, 0) is 61.4 Å².